The standard InChI is InChI=1S/C15H15NO3/c17-15(18)16-10-12-6-8-14(9-7-12)19-11-13-4-2-1-3-5-13/h1-9,16H,10-11H2,(H,17,18). The summed E-state index contributed by atoms with van der Waals surface area (Å²) in [6, 6.07) is 17.3. The zero-order valence-electron chi connectivity index (χ0n) is 10.4. The fourth-order valence-electron chi connectivity index (χ4n) is 1.62. The lowest BCUT2D eigenvalue weighted by molar-refractivity contribution is 0.194. The Hall–Kier alpha value is -2.49. The Kier molecular flexibility index (Phi) is 4.39. The lowest BCUT2D eigenvalue weighted by atomic mass is 10.2. The maximum atomic E-state index is 10.4. The summed E-state index contributed by atoms with van der Waals surface area (Å²) in [6.45, 7) is 0.821. The first-order valence-electron chi connectivity index (χ1n) is 5.96. The molecule has 0 spiro atoms. The minimum Gasteiger partial charge on any atom is -0.489 e. The largest absolute Gasteiger partial charge is 0.489 e. The highest BCUT2D eigenvalue weighted by atomic mass is 16.5. The fraction of sp³-hybridized carbons (Fsp3) is 0.133. The molecule has 0 radical (unpaired) electrons. The Balaban J connectivity index is 1.86. The minimum atomic E-state index is -1.02. The first-order chi connectivity index (χ1) is 9.24. The molecular formula is C15H15NO3. The highest BCUT2D eigenvalue weighted by Crippen LogP contribution is 2.14. The maximum Gasteiger partial charge on any atom is 0.404 e. The summed E-state index contributed by atoms with van der Waals surface area (Å²) in [7, 11) is 0. The van der Waals surface area contributed by atoms with Crippen molar-refractivity contribution in [1.82, 2.24) is 5.32 Å². The van der Waals surface area contributed by atoms with Crippen LogP contribution in [0.1, 0.15) is 11.1 Å². The number of carbonyl (C=O) groups is 1. The van der Waals surface area contributed by atoms with E-state index >= 15 is 0 Å². The summed E-state index contributed by atoms with van der Waals surface area (Å²) in [6.07, 6.45) is -1.02. The molecule has 0 saturated heterocycles. The van der Waals surface area contributed by atoms with Crippen molar-refractivity contribution in [2.75, 3.05) is 0 Å². The van der Waals surface area contributed by atoms with E-state index in [1.807, 2.05) is 54.6 Å². The molecule has 2 aromatic rings. The van der Waals surface area contributed by atoms with E-state index in [1.165, 1.54) is 0 Å². The van der Waals surface area contributed by atoms with Gasteiger partial charge >= 0.3 is 6.09 Å². The van der Waals surface area contributed by atoms with Crippen LogP contribution in [0, 0.1) is 0 Å². The summed E-state index contributed by atoms with van der Waals surface area (Å²) in [4.78, 5) is 10.4. The molecular weight excluding hydrogens is 242 g/mol. The Morgan fingerprint density at radius 2 is 1.68 bits per heavy atom. The highest BCUT2D eigenvalue weighted by Gasteiger charge is 1.98. The van der Waals surface area contributed by atoms with E-state index in [2.05, 4.69) is 5.32 Å². The van der Waals surface area contributed by atoms with Crippen molar-refractivity contribution in [1.29, 1.82) is 0 Å². The molecule has 98 valence electrons. The van der Waals surface area contributed by atoms with E-state index in [-0.39, 0.29) is 0 Å². The van der Waals surface area contributed by atoms with Crippen LogP contribution in [0.4, 0.5) is 4.79 Å². The lowest BCUT2D eigenvalue weighted by Crippen LogP contribution is -2.19. The summed E-state index contributed by atoms with van der Waals surface area (Å²) < 4.78 is 5.64. The van der Waals surface area contributed by atoms with Gasteiger partial charge in [0.25, 0.3) is 0 Å². The second-order valence-corrected chi connectivity index (χ2v) is 4.08. The Bertz CT molecular complexity index is 523. The zero-order chi connectivity index (χ0) is 13.5. The van der Waals surface area contributed by atoms with Gasteiger partial charge in [0.15, 0.2) is 0 Å². The molecule has 0 bridgehead atoms. The topological polar surface area (TPSA) is 58.6 Å². The summed E-state index contributed by atoms with van der Waals surface area (Å²) >= 11 is 0. The van der Waals surface area contributed by atoms with Crippen LogP contribution in [0.25, 0.3) is 0 Å². The van der Waals surface area contributed by atoms with Crippen molar-refractivity contribution in [3.63, 3.8) is 0 Å². The quantitative estimate of drug-likeness (QED) is 0.865. The van der Waals surface area contributed by atoms with E-state index in [1.54, 1.807) is 0 Å². The SMILES string of the molecule is O=C(O)NCc1ccc(OCc2ccccc2)cc1. The van der Waals surface area contributed by atoms with Gasteiger partial charge in [-0.1, -0.05) is 42.5 Å². The van der Waals surface area contributed by atoms with Gasteiger partial charge in [0.1, 0.15) is 12.4 Å². The molecule has 4 heteroatoms. The van der Waals surface area contributed by atoms with E-state index in [4.69, 9.17) is 9.84 Å². The smallest absolute Gasteiger partial charge is 0.404 e. The highest BCUT2D eigenvalue weighted by molar-refractivity contribution is 5.64. The number of nitrogens with one attached hydrogen (secondary N) is 1. The van der Waals surface area contributed by atoms with Crippen LogP contribution in [0.3, 0.4) is 0 Å². The van der Waals surface area contributed by atoms with Gasteiger partial charge in [-0.3, -0.25) is 0 Å². The number of ether oxygens (including phenoxy) is 1. The Labute approximate surface area is 111 Å². The van der Waals surface area contributed by atoms with Gasteiger partial charge < -0.3 is 15.2 Å². The average molecular weight is 257 g/mol. The van der Waals surface area contributed by atoms with Crippen LogP contribution in [0.5, 0.6) is 5.75 Å². The zero-order valence-corrected chi connectivity index (χ0v) is 10.4. The predicted octanol–water partition coefficient (Wildman–Crippen LogP) is 3.03. The number of rotatable bonds is 5. The molecule has 2 aromatic carbocycles. The van der Waals surface area contributed by atoms with E-state index in [0.29, 0.717) is 13.2 Å². The molecule has 0 aliphatic rings. The van der Waals surface area contributed by atoms with Crippen LogP contribution < -0.4 is 10.1 Å². The molecule has 0 saturated carbocycles. The number of hydrogen-bond donors (Lipinski definition) is 2. The molecule has 2 N–H and O–H groups in total. The first kappa shape index (κ1) is 13.0. The Morgan fingerprint density at radius 3 is 2.32 bits per heavy atom. The summed E-state index contributed by atoms with van der Waals surface area (Å²) in [5.74, 6) is 0.767. The normalized spacial score (nSPS) is 9.89. The molecule has 0 aliphatic heterocycles. The van der Waals surface area contributed by atoms with Crippen LogP contribution in [0.2, 0.25) is 0 Å². The van der Waals surface area contributed by atoms with Gasteiger partial charge in [0.05, 0.1) is 0 Å². The monoisotopic (exact) mass is 257 g/mol. The van der Waals surface area contributed by atoms with Crippen molar-refractivity contribution in [3.8, 4) is 5.75 Å². The Morgan fingerprint density at radius 1 is 1.00 bits per heavy atom. The average Bonchev–Trinajstić information content (AvgIpc) is 2.45. The van der Waals surface area contributed by atoms with Gasteiger partial charge in [0.2, 0.25) is 0 Å². The summed E-state index contributed by atoms with van der Waals surface area (Å²) in [5, 5.41) is 10.8. The van der Waals surface area contributed by atoms with Gasteiger partial charge in [-0.2, -0.15) is 0 Å². The van der Waals surface area contributed by atoms with Crippen LogP contribution >= 0.6 is 0 Å². The maximum absolute atomic E-state index is 10.4. The van der Waals surface area contributed by atoms with E-state index in [9.17, 15) is 4.79 Å². The van der Waals surface area contributed by atoms with Crippen LogP contribution in [0.15, 0.2) is 54.6 Å². The second kappa shape index (κ2) is 6.44. The molecule has 0 aromatic heterocycles. The first-order valence-corrected chi connectivity index (χ1v) is 5.96. The van der Waals surface area contributed by atoms with Crippen LogP contribution in [-0.4, -0.2) is 11.2 Å². The number of carboxylic acid groups (broad SMARTS) is 1. The molecule has 4 nitrogen and oxygen atoms in total. The second-order valence-electron chi connectivity index (χ2n) is 4.08. The molecule has 2 rings (SSSR count). The third kappa shape index (κ3) is 4.35. The van der Waals surface area contributed by atoms with Crippen molar-refractivity contribution >= 4 is 6.09 Å². The van der Waals surface area contributed by atoms with Gasteiger partial charge in [-0.15, -0.1) is 0 Å². The molecule has 1 amide bonds. The fourth-order valence-corrected chi connectivity index (χ4v) is 1.62. The molecule has 0 heterocycles. The molecule has 0 aliphatic carbocycles. The van der Waals surface area contributed by atoms with Crippen molar-refractivity contribution in [3.05, 3.63) is 65.7 Å². The molecule has 0 fully saturated rings. The predicted molar refractivity (Wildman–Crippen MR) is 72.1 cm³/mol. The van der Waals surface area contributed by atoms with Crippen molar-refractivity contribution in [2.24, 2.45) is 0 Å². The van der Waals surface area contributed by atoms with Gasteiger partial charge in [-0.05, 0) is 23.3 Å². The third-order valence-electron chi connectivity index (χ3n) is 2.62. The third-order valence-corrected chi connectivity index (χ3v) is 2.62. The van der Waals surface area contributed by atoms with Crippen LogP contribution in [-0.2, 0) is 13.2 Å². The van der Waals surface area contributed by atoms with E-state index in [0.717, 1.165) is 16.9 Å². The molecule has 19 heavy (non-hydrogen) atoms. The molecule has 0 atom stereocenters. The lowest BCUT2D eigenvalue weighted by Gasteiger charge is -2.07. The minimum absolute atomic E-state index is 0.300. The number of hydrogen-bond acceptors (Lipinski definition) is 2. The van der Waals surface area contributed by atoms with Gasteiger partial charge in [0, 0.05) is 6.54 Å². The van der Waals surface area contributed by atoms with E-state index < -0.39 is 6.09 Å². The molecule has 0 unspecified atom stereocenters. The van der Waals surface area contributed by atoms with Crippen molar-refractivity contribution in [2.45, 2.75) is 13.2 Å². The number of amides is 1. The van der Waals surface area contributed by atoms with Crippen molar-refractivity contribution < 1.29 is 14.6 Å². The summed E-state index contributed by atoms with van der Waals surface area (Å²) in [5.41, 5.74) is 2.01. The van der Waals surface area contributed by atoms with Gasteiger partial charge in [-0.25, -0.2) is 4.79 Å². The number of benzene rings is 2.